The van der Waals surface area contributed by atoms with Crippen LogP contribution in [0.5, 0.6) is 5.75 Å². The van der Waals surface area contributed by atoms with Crippen LogP contribution in [0.4, 0.5) is 0 Å². The third-order valence-electron chi connectivity index (χ3n) is 8.15. The highest BCUT2D eigenvalue weighted by molar-refractivity contribution is 6.24. The molecule has 39 heavy (non-hydrogen) atoms. The van der Waals surface area contributed by atoms with Gasteiger partial charge in [-0.15, -0.1) is 0 Å². The number of aliphatic hydroxyl groups excluding tert-OH is 2. The van der Waals surface area contributed by atoms with Crippen molar-refractivity contribution in [3.8, 4) is 16.9 Å². The van der Waals surface area contributed by atoms with Crippen LogP contribution in [-0.2, 0) is 16.0 Å². The lowest BCUT2D eigenvalue weighted by atomic mass is 9.58. The van der Waals surface area contributed by atoms with Crippen molar-refractivity contribution < 1.29 is 34.8 Å². The molecule has 10 nitrogen and oxygen atoms in total. The number of amides is 1. The van der Waals surface area contributed by atoms with E-state index in [0.717, 1.165) is 5.56 Å². The molecule has 0 saturated carbocycles. The molecule has 2 aromatic rings. The van der Waals surface area contributed by atoms with E-state index >= 15 is 0 Å². The predicted molar refractivity (Wildman–Crippen MR) is 142 cm³/mol. The van der Waals surface area contributed by atoms with Gasteiger partial charge in [0.2, 0.25) is 5.78 Å². The van der Waals surface area contributed by atoms with E-state index in [2.05, 4.69) is 6.58 Å². The number of fused-ring (bicyclic) bond motifs is 3. The minimum absolute atomic E-state index is 0.0144. The Hall–Kier alpha value is -4.41. The number of hydrogen-bond acceptors (Lipinski definition) is 9. The Morgan fingerprint density at radius 3 is 2.41 bits per heavy atom. The smallest absolute Gasteiger partial charge is 0.255 e. The highest BCUT2D eigenvalue weighted by atomic mass is 16.3. The summed E-state index contributed by atoms with van der Waals surface area (Å²) in [7, 11) is 3.17. The third kappa shape index (κ3) is 3.59. The molecule has 8 N–H and O–H groups in total. The summed E-state index contributed by atoms with van der Waals surface area (Å²) >= 11 is 0. The molecular weight excluding hydrogens is 502 g/mol. The summed E-state index contributed by atoms with van der Waals surface area (Å²) in [6.07, 6.45) is 0.201. The van der Waals surface area contributed by atoms with Crippen LogP contribution in [0, 0.1) is 11.8 Å². The number of Topliss-reactive ketones (excluding diaryl/α,β-unsaturated/α-hetero) is 2. The van der Waals surface area contributed by atoms with E-state index in [1.54, 1.807) is 32.3 Å². The topological polar surface area (TPSA) is 187 Å². The molecular formula is C29H29N3O7. The van der Waals surface area contributed by atoms with Gasteiger partial charge in [-0.3, -0.25) is 19.3 Å². The molecule has 3 aliphatic carbocycles. The first-order valence-corrected chi connectivity index (χ1v) is 12.4. The summed E-state index contributed by atoms with van der Waals surface area (Å²) in [6.45, 7) is 3.77. The zero-order valence-corrected chi connectivity index (χ0v) is 21.4. The number of carbonyl (C=O) groups is 3. The first kappa shape index (κ1) is 26.2. The first-order valence-electron chi connectivity index (χ1n) is 12.4. The Bertz CT molecular complexity index is 1550. The Morgan fingerprint density at radius 1 is 1.10 bits per heavy atom. The van der Waals surface area contributed by atoms with Gasteiger partial charge in [0.15, 0.2) is 11.4 Å². The lowest BCUT2D eigenvalue weighted by Crippen LogP contribution is -2.63. The zero-order chi connectivity index (χ0) is 28.5. The molecule has 0 fully saturated rings. The third-order valence-corrected chi connectivity index (χ3v) is 8.15. The number of allylic oxidation sites excluding steroid dienone is 1. The number of rotatable bonds is 4. The van der Waals surface area contributed by atoms with Gasteiger partial charge in [0.25, 0.3) is 5.91 Å². The van der Waals surface area contributed by atoms with Crippen LogP contribution >= 0.6 is 0 Å². The minimum Gasteiger partial charge on any atom is -0.510 e. The first-order chi connectivity index (χ1) is 18.3. The number of phenolic OH excluding ortho intramolecular Hbond substituents is 1. The van der Waals surface area contributed by atoms with Crippen LogP contribution in [0.3, 0.4) is 0 Å². The van der Waals surface area contributed by atoms with Crippen molar-refractivity contribution in [2.75, 3.05) is 14.1 Å². The highest BCUT2D eigenvalue weighted by Gasteiger charge is 2.63. The molecule has 0 aromatic heterocycles. The second-order valence-electron chi connectivity index (χ2n) is 10.6. The maximum Gasteiger partial charge on any atom is 0.255 e. The second-order valence-corrected chi connectivity index (χ2v) is 10.6. The Morgan fingerprint density at radius 2 is 1.79 bits per heavy atom. The fraction of sp³-hybridized carbons (Fsp3) is 0.276. The number of benzene rings is 2. The van der Waals surface area contributed by atoms with Crippen LogP contribution < -0.4 is 11.5 Å². The maximum absolute atomic E-state index is 13.9. The van der Waals surface area contributed by atoms with Crippen molar-refractivity contribution in [3.05, 3.63) is 82.3 Å². The van der Waals surface area contributed by atoms with Gasteiger partial charge in [0, 0.05) is 17.2 Å². The van der Waals surface area contributed by atoms with Gasteiger partial charge in [-0.05, 0) is 67.2 Å². The predicted octanol–water partition coefficient (Wildman–Crippen LogP) is 1.72. The largest absolute Gasteiger partial charge is 0.510 e. The molecule has 0 saturated heterocycles. The molecule has 0 radical (unpaired) electrons. The Kier molecular flexibility index (Phi) is 5.93. The molecule has 3 aliphatic rings. The van der Waals surface area contributed by atoms with Crippen molar-refractivity contribution in [3.63, 3.8) is 0 Å². The Labute approximate surface area is 224 Å². The van der Waals surface area contributed by atoms with Crippen molar-refractivity contribution in [1.82, 2.24) is 4.90 Å². The Balaban J connectivity index is 1.72. The maximum atomic E-state index is 13.9. The molecule has 202 valence electrons. The fourth-order valence-electron chi connectivity index (χ4n) is 6.41. The number of nitrogens with zero attached hydrogens (tertiary/aromatic N) is 1. The average Bonchev–Trinajstić information content (AvgIpc) is 2.86. The van der Waals surface area contributed by atoms with Gasteiger partial charge in [-0.1, -0.05) is 30.8 Å². The van der Waals surface area contributed by atoms with Gasteiger partial charge in [0.1, 0.15) is 22.8 Å². The fourth-order valence-corrected chi connectivity index (χ4v) is 6.41. The van der Waals surface area contributed by atoms with E-state index in [4.69, 9.17) is 11.5 Å². The number of nitrogens with two attached hydrogens (primary N) is 2. The number of phenols is 1. The van der Waals surface area contributed by atoms with Gasteiger partial charge in [-0.25, -0.2) is 0 Å². The molecule has 10 heteroatoms. The summed E-state index contributed by atoms with van der Waals surface area (Å²) in [6, 6.07) is 9.26. The number of hydrogen-bond donors (Lipinski definition) is 6. The number of primary amides is 1. The van der Waals surface area contributed by atoms with E-state index in [0.29, 0.717) is 22.4 Å². The van der Waals surface area contributed by atoms with Crippen LogP contribution in [0.25, 0.3) is 16.8 Å². The molecule has 0 aliphatic heterocycles. The molecule has 0 heterocycles. The van der Waals surface area contributed by atoms with E-state index in [1.165, 1.54) is 11.0 Å². The van der Waals surface area contributed by atoms with Crippen molar-refractivity contribution in [2.24, 2.45) is 23.3 Å². The van der Waals surface area contributed by atoms with E-state index in [-0.39, 0.29) is 29.7 Å². The SMILES string of the molecule is C=C(N)c1cccc(-c2ccc(O)c3c2C[C@H]2C[C@H]4[C@H](N(C)C)C(O)=C(C(N)=O)C(=O)C4(O)C(O)=C2C3=O)c1. The van der Waals surface area contributed by atoms with Crippen LogP contribution in [0.2, 0.25) is 0 Å². The number of carbonyl (C=O) groups excluding carboxylic acids is 3. The number of aliphatic hydroxyl groups is 3. The van der Waals surface area contributed by atoms with Crippen LogP contribution in [0.1, 0.15) is 27.9 Å². The molecule has 2 aromatic carbocycles. The zero-order valence-electron chi connectivity index (χ0n) is 21.4. The number of ketones is 2. The van der Waals surface area contributed by atoms with E-state index < -0.39 is 58.0 Å². The van der Waals surface area contributed by atoms with E-state index in [9.17, 15) is 34.8 Å². The number of likely N-dealkylation sites (N-methyl/N-ethyl adjacent to an activating group) is 1. The molecule has 1 amide bonds. The summed E-state index contributed by atoms with van der Waals surface area (Å²) < 4.78 is 0. The summed E-state index contributed by atoms with van der Waals surface area (Å²) in [5.74, 6) is -6.84. The monoisotopic (exact) mass is 531 g/mol. The second kappa shape index (κ2) is 8.82. The van der Waals surface area contributed by atoms with Crippen molar-refractivity contribution in [2.45, 2.75) is 24.5 Å². The van der Waals surface area contributed by atoms with Crippen LogP contribution in [-0.4, -0.2) is 68.5 Å². The van der Waals surface area contributed by atoms with Crippen molar-refractivity contribution in [1.29, 1.82) is 0 Å². The van der Waals surface area contributed by atoms with Gasteiger partial charge >= 0.3 is 0 Å². The quantitative estimate of drug-likeness (QED) is 0.319. The van der Waals surface area contributed by atoms with Crippen LogP contribution in [0.15, 0.2) is 65.6 Å². The van der Waals surface area contributed by atoms with E-state index in [1.807, 2.05) is 12.1 Å². The summed E-state index contributed by atoms with van der Waals surface area (Å²) in [5.41, 5.74) is 10.5. The van der Waals surface area contributed by atoms with Gasteiger partial charge in [-0.2, -0.15) is 0 Å². The summed E-state index contributed by atoms with van der Waals surface area (Å²) in [5, 5.41) is 44.7. The lowest BCUT2D eigenvalue weighted by Gasteiger charge is -2.50. The highest BCUT2D eigenvalue weighted by Crippen LogP contribution is 2.53. The van der Waals surface area contributed by atoms with Gasteiger partial charge in [0.05, 0.1) is 11.6 Å². The average molecular weight is 532 g/mol. The molecule has 5 rings (SSSR count). The normalized spacial score (nSPS) is 26.3. The molecule has 0 spiro atoms. The lowest BCUT2D eigenvalue weighted by molar-refractivity contribution is -0.148. The number of aromatic hydroxyl groups is 1. The van der Waals surface area contributed by atoms with Gasteiger partial charge < -0.3 is 31.9 Å². The molecule has 4 atom stereocenters. The molecule has 0 bridgehead atoms. The molecule has 1 unspecified atom stereocenters. The van der Waals surface area contributed by atoms with Crippen molar-refractivity contribution >= 4 is 23.2 Å². The minimum atomic E-state index is -2.67. The summed E-state index contributed by atoms with van der Waals surface area (Å²) in [4.78, 5) is 40.9. The standard InChI is InChI=1S/C29H29N3O7/c1-12(30)13-5-4-6-14(9-13)16-7-8-19(33)21-17(16)10-15-11-18-23(32(2)3)25(35)22(28(31)38)27(37)29(18,39)26(36)20(15)24(21)34/h4-9,15,18,23,33,35-36,39H,1,10-11,30H2,2-3H3,(H2,31,38)/t15-,18-,23-,29?/m0/s1.